The van der Waals surface area contributed by atoms with Gasteiger partial charge in [0.05, 0.1) is 0 Å². The molecule has 0 atom stereocenters. The molecule has 0 radical (unpaired) electrons. The zero-order valence-electron chi connectivity index (χ0n) is 17.1. The third-order valence-corrected chi connectivity index (χ3v) is 0.383. The van der Waals surface area contributed by atoms with Gasteiger partial charge in [-0.05, 0) is 0 Å². The lowest BCUT2D eigenvalue weighted by Crippen LogP contribution is -1.38. The molecule has 0 aromatic heterocycles. The molecule has 20 heavy (non-hydrogen) atoms. The van der Waals surface area contributed by atoms with Crippen LogP contribution in [0.15, 0.2) is 37.5 Å². The molecule has 0 aliphatic carbocycles. The van der Waals surface area contributed by atoms with Crippen molar-refractivity contribution >= 4 is 0 Å². The summed E-state index contributed by atoms with van der Waals surface area (Å²) in [6, 6.07) is 0. The summed E-state index contributed by atoms with van der Waals surface area (Å²) in [6.45, 7) is 31.4. The van der Waals surface area contributed by atoms with E-state index in [9.17, 15) is 0 Å². The third-order valence-electron chi connectivity index (χ3n) is 0.383. The summed E-state index contributed by atoms with van der Waals surface area (Å²) in [7, 11) is 0. The minimum Gasteiger partial charge on any atom is -0.0991 e. The number of allylic oxidation sites excluding steroid dienone is 4. The largest absolute Gasteiger partial charge is 0.0991 e. The molecule has 128 valence electrons. The van der Waals surface area contributed by atoms with Gasteiger partial charge >= 0.3 is 0 Å². The summed E-state index contributed by atoms with van der Waals surface area (Å²) in [4.78, 5) is 0. The lowest BCUT2D eigenvalue weighted by atomic mass is 10.5. The summed E-state index contributed by atoms with van der Waals surface area (Å²) in [5.74, 6) is 0. The van der Waals surface area contributed by atoms with Crippen LogP contribution in [-0.2, 0) is 0 Å². The maximum absolute atomic E-state index is 3.46. The number of hydrogen-bond acceptors (Lipinski definition) is 0. The zero-order valence-corrected chi connectivity index (χ0v) is 17.1. The topological polar surface area (TPSA) is 0 Å². The molecular weight excluding hydrogens is 240 g/mol. The van der Waals surface area contributed by atoms with Crippen LogP contribution in [0.4, 0.5) is 0 Å². The Hall–Kier alpha value is -0.780. The second-order valence-corrected chi connectivity index (χ2v) is 2.27. The van der Waals surface area contributed by atoms with E-state index in [0.29, 0.717) is 0 Å². The standard InChI is InChI=1S/C6H8.2C3H8.4C2H6/c1-3-5-6-4-2;2*1-3-2;4*1-2/h3-6H,1-2H2;2*3H2,1-2H3;4*1-2H3/b6-5-;;;;;;. The van der Waals surface area contributed by atoms with Gasteiger partial charge in [0, 0.05) is 0 Å². The molecule has 0 N–H and O–H groups in total. The van der Waals surface area contributed by atoms with Crippen molar-refractivity contribution in [3.8, 4) is 0 Å². The van der Waals surface area contributed by atoms with Crippen molar-refractivity contribution in [2.75, 3.05) is 0 Å². The zero-order chi connectivity index (χ0) is 18.2. The van der Waals surface area contributed by atoms with Gasteiger partial charge < -0.3 is 0 Å². The lowest BCUT2D eigenvalue weighted by molar-refractivity contribution is 1.09. The van der Waals surface area contributed by atoms with E-state index < -0.39 is 0 Å². The van der Waals surface area contributed by atoms with E-state index in [-0.39, 0.29) is 0 Å². The molecule has 0 saturated heterocycles. The molecule has 0 bridgehead atoms. The predicted molar refractivity (Wildman–Crippen MR) is 107 cm³/mol. The van der Waals surface area contributed by atoms with Crippen LogP contribution >= 0.6 is 0 Å². The minimum absolute atomic E-state index is 1.25. The van der Waals surface area contributed by atoms with Crippen LogP contribution in [-0.4, -0.2) is 0 Å². The Morgan fingerprint density at radius 1 is 0.500 bits per heavy atom. The molecular formula is C20H48. The van der Waals surface area contributed by atoms with Crippen LogP contribution in [0.5, 0.6) is 0 Å². The van der Waals surface area contributed by atoms with Gasteiger partial charge in [0.2, 0.25) is 0 Å². The van der Waals surface area contributed by atoms with Crippen LogP contribution in [0.1, 0.15) is 95.9 Å². The summed E-state index contributed by atoms with van der Waals surface area (Å²) < 4.78 is 0. The number of rotatable bonds is 2. The molecule has 0 heteroatoms. The third kappa shape index (κ3) is 919. The molecule has 0 aromatic rings. The van der Waals surface area contributed by atoms with E-state index in [0.717, 1.165) is 0 Å². The Bertz CT molecular complexity index is 76.2. The Morgan fingerprint density at radius 2 is 0.600 bits per heavy atom. The van der Waals surface area contributed by atoms with Crippen molar-refractivity contribution in [3.05, 3.63) is 37.5 Å². The Balaban J connectivity index is -0.0000000212. The molecule has 0 rings (SSSR count). The monoisotopic (exact) mass is 288 g/mol. The molecule has 0 heterocycles. The second-order valence-electron chi connectivity index (χ2n) is 2.27. The Kier molecular flexibility index (Phi) is 424. The first-order chi connectivity index (χ1) is 9.74. The van der Waals surface area contributed by atoms with Crippen molar-refractivity contribution in [1.82, 2.24) is 0 Å². The van der Waals surface area contributed by atoms with Gasteiger partial charge in [-0.2, -0.15) is 0 Å². The first-order valence-corrected chi connectivity index (χ1v) is 8.64. The Labute approximate surface area is 134 Å². The normalized spacial score (nSPS) is 5.60. The van der Waals surface area contributed by atoms with Gasteiger partial charge in [-0.25, -0.2) is 0 Å². The van der Waals surface area contributed by atoms with Gasteiger partial charge in [-0.3, -0.25) is 0 Å². The van der Waals surface area contributed by atoms with E-state index >= 15 is 0 Å². The van der Waals surface area contributed by atoms with Crippen LogP contribution in [0.25, 0.3) is 0 Å². The van der Waals surface area contributed by atoms with E-state index in [1.54, 1.807) is 12.2 Å². The average Bonchev–Trinajstić information content (AvgIpc) is 2.55. The number of hydrogen-bond donors (Lipinski definition) is 0. The SMILES string of the molecule is C=C/C=C\C=C.CC.CC.CC.CC.CCC.CCC. The smallest absolute Gasteiger partial charge is 0.0590 e. The van der Waals surface area contributed by atoms with Crippen molar-refractivity contribution in [3.63, 3.8) is 0 Å². The van der Waals surface area contributed by atoms with Crippen molar-refractivity contribution in [2.45, 2.75) is 95.9 Å². The highest BCUT2D eigenvalue weighted by Crippen LogP contribution is 1.69. The van der Waals surface area contributed by atoms with Gasteiger partial charge in [-0.1, -0.05) is 133 Å². The van der Waals surface area contributed by atoms with E-state index in [2.05, 4.69) is 40.9 Å². The van der Waals surface area contributed by atoms with E-state index in [1.165, 1.54) is 12.8 Å². The summed E-state index contributed by atoms with van der Waals surface area (Å²) in [5.41, 5.74) is 0. The Morgan fingerprint density at radius 3 is 0.650 bits per heavy atom. The fourth-order valence-corrected chi connectivity index (χ4v) is 0.157. The highest BCUT2D eigenvalue weighted by atomic mass is 13.5. The predicted octanol–water partition coefficient (Wildman–Crippen LogP) is 8.85. The van der Waals surface area contributed by atoms with Crippen molar-refractivity contribution in [2.24, 2.45) is 0 Å². The lowest BCUT2D eigenvalue weighted by Gasteiger charge is -1.60. The first kappa shape index (κ1) is 42.7. The average molecular weight is 289 g/mol. The molecule has 0 aromatic carbocycles. The molecule has 0 nitrogen and oxygen atoms in total. The maximum Gasteiger partial charge on any atom is -0.0590 e. The van der Waals surface area contributed by atoms with Crippen molar-refractivity contribution in [1.29, 1.82) is 0 Å². The first-order valence-electron chi connectivity index (χ1n) is 8.64. The maximum atomic E-state index is 3.46. The molecule has 0 saturated carbocycles. The summed E-state index contributed by atoms with van der Waals surface area (Å²) in [6.07, 6.45) is 9.57. The molecule has 0 fully saturated rings. The highest BCUT2D eigenvalue weighted by Gasteiger charge is 1.47. The quantitative estimate of drug-likeness (QED) is 0.445. The van der Waals surface area contributed by atoms with Crippen LogP contribution in [0.3, 0.4) is 0 Å². The van der Waals surface area contributed by atoms with Crippen LogP contribution in [0, 0.1) is 0 Å². The highest BCUT2D eigenvalue weighted by molar-refractivity contribution is 5.05. The molecule has 0 aliphatic rings. The van der Waals surface area contributed by atoms with Crippen LogP contribution in [0.2, 0.25) is 0 Å². The van der Waals surface area contributed by atoms with Gasteiger partial charge in [0.15, 0.2) is 0 Å². The van der Waals surface area contributed by atoms with E-state index in [1.807, 2.05) is 67.5 Å². The minimum atomic E-state index is 1.25. The molecule has 0 spiro atoms. The van der Waals surface area contributed by atoms with Gasteiger partial charge in [0.1, 0.15) is 0 Å². The van der Waals surface area contributed by atoms with Gasteiger partial charge in [-0.15, -0.1) is 0 Å². The molecule has 0 aliphatic heterocycles. The van der Waals surface area contributed by atoms with Crippen molar-refractivity contribution < 1.29 is 0 Å². The summed E-state index contributed by atoms with van der Waals surface area (Å²) >= 11 is 0. The fraction of sp³-hybridized carbons (Fsp3) is 0.700. The molecule has 0 amide bonds. The molecule has 0 unspecified atom stereocenters. The van der Waals surface area contributed by atoms with Crippen LogP contribution < -0.4 is 0 Å². The fourth-order valence-electron chi connectivity index (χ4n) is 0.157. The van der Waals surface area contributed by atoms with E-state index in [4.69, 9.17) is 0 Å². The summed E-state index contributed by atoms with van der Waals surface area (Å²) in [5, 5.41) is 0. The second kappa shape index (κ2) is 198. The van der Waals surface area contributed by atoms with Gasteiger partial charge in [0.25, 0.3) is 0 Å².